The Hall–Kier alpha value is -8.10. The lowest BCUT2D eigenvalue weighted by Gasteiger charge is -2.45. The smallest absolute Gasteiger partial charge is 0.252 e. The van der Waals surface area contributed by atoms with Gasteiger partial charge in [0.2, 0.25) is 6.79 Å². The quantitative estimate of drug-likeness (QED) is 0.160. The third-order valence-electron chi connectivity index (χ3n) is 15.4. The van der Waals surface area contributed by atoms with Crippen LogP contribution in [0.2, 0.25) is 0 Å². The first kappa shape index (κ1) is 42.6. The second-order valence-electron chi connectivity index (χ2n) is 20.9. The van der Waals surface area contributed by atoms with Gasteiger partial charge in [-0.3, -0.25) is 0 Å². The zero-order valence-electron chi connectivity index (χ0n) is 40.9. The Morgan fingerprint density at radius 2 is 0.973 bits per heavy atom. The first-order chi connectivity index (χ1) is 35.7. The Morgan fingerprint density at radius 1 is 0.425 bits per heavy atom. The van der Waals surface area contributed by atoms with Gasteiger partial charge in [0.1, 0.15) is 0 Å². The van der Waals surface area contributed by atoms with Crippen LogP contribution in [0.4, 0.5) is 34.1 Å². The molecule has 348 valence electrons. The summed E-state index contributed by atoms with van der Waals surface area (Å²) in [5.41, 5.74) is 20.1. The molecule has 73 heavy (non-hydrogen) atoms. The third-order valence-corrected chi connectivity index (χ3v) is 17.7. The molecule has 0 fully saturated rings. The number of fused-ring (bicyclic) bond motifs is 11. The summed E-state index contributed by atoms with van der Waals surface area (Å²) >= 11 is 3.74. The molecule has 10 aromatic carbocycles. The van der Waals surface area contributed by atoms with Crippen LogP contribution in [0, 0.1) is 6.92 Å². The van der Waals surface area contributed by atoms with Crippen molar-refractivity contribution in [2.75, 3.05) is 16.6 Å². The van der Waals surface area contributed by atoms with E-state index in [1.54, 1.807) is 0 Å². The van der Waals surface area contributed by atoms with Crippen LogP contribution in [0.5, 0.6) is 11.5 Å². The summed E-state index contributed by atoms with van der Waals surface area (Å²) in [5, 5.41) is 5.25. The Balaban J connectivity index is 0.963. The van der Waals surface area contributed by atoms with E-state index in [4.69, 9.17) is 9.47 Å². The number of benzene rings is 10. The predicted octanol–water partition coefficient (Wildman–Crippen LogP) is 16.8. The second-order valence-corrected chi connectivity index (χ2v) is 23.0. The van der Waals surface area contributed by atoms with Gasteiger partial charge in [-0.2, -0.15) is 0 Å². The van der Waals surface area contributed by atoms with Crippen molar-refractivity contribution in [3.63, 3.8) is 0 Å². The van der Waals surface area contributed by atoms with Crippen molar-refractivity contribution < 1.29 is 9.47 Å². The molecule has 3 aliphatic rings. The van der Waals surface area contributed by atoms with E-state index < -0.39 is 0 Å². The lowest BCUT2D eigenvalue weighted by Crippen LogP contribution is -2.61. The number of thiophene rings is 2. The maximum Gasteiger partial charge on any atom is 0.252 e. The van der Waals surface area contributed by atoms with E-state index in [0.29, 0.717) is 0 Å². The minimum atomic E-state index is -0.119. The van der Waals surface area contributed by atoms with Gasteiger partial charge in [0.25, 0.3) is 6.71 Å². The molecule has 0 atom stereocenters. The van der Waals surface area contributed by atoms with Crippen LogP contribution >= 0.6 is 22.7 Å². The second kappa shape index (κ2) is 16.0. The molecule has 0 amide bonds. The largest absolute Gasteiger partial charge is 0.454 e. The lowest BCUT2D eigenvalue weighted by atomic mass is 9.33. The van der Waals surface area contributed by atoms with Gasteiger partial charge in [0.05, 0.1) is 5.69 Å². The molecular weight excluding hydrogens is 928 g/mol. The summed E-state index contributed by atoms with van der Waals surface area (Å²) in [6.07, 6.45) is 0. The molecule has 0 spiro atoms. The molecule has 5 heterocycles. The molecule has 0 bridgehead atoms. The number of ether oxygens (including phenoxy) is 2. The number of hydrogen-bond donors (Lipinski definition) is 0. The Kier molecular flexibility index (Phi) is 9.30. The van der Waals surface area contributed by atoms with Gasteiger partial charge in [-0.15, -0.1) is 22.7 Å². The highest BCUT2D eigenvalue weighted by Crippen LogP contribution is 2.50. The van der Waals surface area contributed by atoms with Gasteiger partial charge < -0.3 is 19.3 Å². The molecule has 7 heteroatoms. The van der Waals surface area contributed by atoms with Crippen molar-refractivity contribution in [1.82, 2.24) is 0 Å². The van der Waals surface area contributed by atoms with E-state index in [1.165, 1.54) is 107 Å². The summed E-state index contributed by atoms with van der Waals surface area (Å²) in [5.74, 6) is 1.55. The number of nitrogens with zero attached hydrogens (tertiary/aromatic N) is 2. The van der Waals surface area contributed by atoms with Crippen LogP contribution in [-0.4, -0.2) is 13.5 Å². The minimum absolute atomic E-state index is 0.0498. The summed E-state index contributed by atoms with van der Waals surface area (Å²) in [6, 6.07) is 75.1. The standard InChI is InChI=1S/C66H47BN2O2S2/c1-39-30-57-65-58(31-39)69(54-29-23-45(66(2,3)4)35-51(54)41-12-6-5-7-13-41)56-37-60-59(70-38-71-60)36-53(56)67(65)52-32-42(44-21-27-50-48-15-9-11-17-62(48)73-64(50)34-44)22-28-55(52)68(57)46-24-18-40(19-25-46)43-20-26-49-47-14-8-10-16-61(47)72-63(49)33-43/h5-37H,38H2,1-4H3. The van der Waals surface area contributed by atoms with Crippen LogP contribution in [0.3, 0.4) is 0 Å². The van der Waals surface area contributed by atoms with Crippen LogP contribution in [-0.2, 0) is 5.41 Å². The lowest BCUT2D eigenvalue weighted by molar-refractivity contribution is 0.174. The van der Waals surface area contributed by atoms with Gasteiger partial charge in [-0.1, -0.05) is 142 Å². The highest BCUT2D eigenvalue weighted by molar-refractivity contribution is 7.26. The van der Waals surface area contributed by atoms with Crippen molar-refractivity contribution >= 4 is 120 Å². The monoisotopic (exact) mass is 974 g/mol. The molecule has 0 unspecified atom stereocenters. The fourth-order valence-corrected chi connectivity index (χ4v) is 14.2. The van der Waals surface area contributed by atoms with Crippen LogP contribution in [0.1, 0.15) is 31.9 Å². The topological polar surface area (TPSA) is 24.9 Å². The molecule has 15 rings (SSSR count). The van der Waals surface area contributed by atoms with Gasteiger partial charge in [-0.05, 0) is 140 Å². The Morgan fingerprint density at radius 3 is 1.66 bits per heavy atom. The molecule has 0 radical (unpaired) electrons. The normalized spacial score (nSPS) is 13.6. The van der Waals surface area contributed by atoms with Crippen molar-refractivity contribution in [2.24, 2.45) is 0 Å². The van der Waals surface area contributed by atoms with E-state index in [2.05, 4.69) is 238 Å². The molecule has 4 nitrogen and oxygen atoms in total. The van der Waals surface area contributed by atoms with E-state index in [9.17, 15) is 0 Å². The zero-order valence-corrected chi connectivity index (χ0v) is 42.5. The van der Waals surface area contributed by atoms with E-state index >= 15 is 0 Å². The van der Waals surface area contributed by atoms with Gasteiger partial charge in [0.15, 0.2) is 11.5 Å². The third kappa shape index (κ3) is 6.65. The zero-order chi connectivity index (χ0) is 48.7. The average Bonchev–Trinajstić information content (AvgIpc) is 4.15. The SMILES string of the molecule is Cc1cc2c3c(c1)N(c1ccc(C(C)(C)C)cc1-c1ccccc1)c1cc4c(cc1B3c1cc(-c3ccc5c(c3)sc3ccccc35)ccc1N2c1ccc(-c2ccc3c(c2)sc2ccccc23)cc1)OCO4. The number of aryl methyl sites for hydroxylation is 1. The van der Waals surface area contributed by atoms with Crippen molar-refractivity contribution in [3.05, 3.63) is 211 Å². The maximum absolute atomic E-state index is 6.27. The summed E-state index contributed by atoms with van der Waals surface area (Å²) in [4.78, 5) is 5.04. The number of hydrogen-bond acceptors (Lipinski definition) is 6. The van der Waals surface area contributed by atoms with E-state index in [0.717, 1.165) is 39.9 Å². The van der Waals surface area contributed by atoms with Crippen LogP contribution in [0.15, 0.2) is 200 Å². The first-order valence-electron chi connectivity index (χ1n) is 25.2. The molecule has 2 aromatic heterocycles. The molecule has 0 saturated carbocycles. The molecule has 3 aliphatic heterocycles. The van der Waals surface area contributed by atoms with Crippen molar-refractivity contribution in [1.29, 1.82) is 0 Å². The minimum Gasteiger partial charge on any atom is -0.454 e. The van der Waals surface area contributed by atoms with E-state index in [1.807, 2.05) is 22.7 Å². The molecule has 0 N–H and O–H groups in total. The van der Waals surface area contributed by atoms with Crippen LogP contribution < -0.4 is 35.7 Å². The van der Waals surface area contributed by atoms with Gasteiger partial charge in [0, 0.05) is 80.4 Å². The fourth-order valence-electron chi connectivity index (χ4n) is 11.9. The van der Waals surface area contributed by atoms with Gasteiger partial charge in [-0.25, -0.2) is 0 Å². The number of rotatable bonds is 5. The number of anilines is 6. The summed E-state index contributed by atoms with van der Waals surface area (Å²) in [6.45, 7) is 9.21. The molecule has 12 aromatic rings. The average molecular weight is 975 g/mol. The Labute approximate surface area is 433 Å². The predicted molar refractivity (Wildman–Crippen MR) is 312 cm³/mol. The Bertz CT molecular complexity index is 4260. The highest BCUT2D eigenvalue weighted by Gasteiger charge is 2.45. The fraction of sp³-hybridized carbons (Fsp3) is 0.0909. The first-order valence-corrected chi connectivity index (χ1v) is 26.8. The molecule has 0 saturated heterocycles. The van der Waals surface area contributed by atoms with Crippen molar-refractivity contribution in [2.45, 2.75) is 33.1 Å². The highest BCUT2D eigenvalue weighted by atomic mass is 32.1. The molecule has 0 aliphatic carbocycles. The van der Waals surface area contributed by atoms with Crippen molar-refractivity contribution in [3.8, 4) is 44.9 Å². The van der Waals surface area contributed by atoms with Gasteiger partial charge >= 0.3 is 0 Å². The van der Waals surface area contributed by atoms with E-state index in [-0.39, 0.29) is 18.9 Å². The van der Waals surface area contributed by atoms with Crippen LogP contribution in [0.25, 0.3) is 73.7 Å². The summed E-state index contributed by atoms with van der Waals surface area (Å²) in [7, 11) is 0. The maximum atomic E-state index is 6.27. The summed E-state index contributed by atoms with van der Waals surface area (Å²) < 4.78 is 17.8. The molecular formula is C66H47BN2O2S2.